The van der Waals surface area contributed by atoms with Crippen LogP contribution in [0.3, 0.4) is 0 Å². The number of pyridine rings is 1. The van der Waals surface area contributed by atoms with Gasteiger partial charge in [-0.3, -0.25) is 4.79 Å². The summed E-state index contributed by atoms with van der Waals surface area (Å²) >= 11 is 0. The Balaban J connectivity index is 2.30. The quantitative estimate of drug-likeness (QED) is 0.833. The van der Waals surface area contributed by atoms with Gasteiger partial charge >= 0.3 is 0 Å². The van der Waals surface area contributed by atoms with Gasteiger partial charge in [0.25, 0.3) is 5.56 Å². The summed E-state index contributed by atoms with van der Waals surface area (Å²) in [6.07, 6.45) is 5.79. The van der Waals surface area contributed by atoms with E-state index >= 15 is 0 Å². The molecule has 1 fully saturated rings. The van der Waals surface area contributed by atoms with E-state index in [2.05, 4.69) is 5.32 Å². The smallest absolute Gasteiger partial charge is 0.287 e. The van der Waals surface area contributed by atoms with Crippen LogP contribution in [0.1, 0.15) is 68.7 Å². The van der Waals surface area contributed by atoms with Gasteiger partial charge in [0.15, 0.2) is 0 Å². The summed E-state index contributed by atoms with van der Waals surface area (Å²) in [4.78, 5) is 12.3. The van der Waals surface area contributed by atoms with E-state index in [1.165, 1.54) is 19.3 Å². The first-order valence-corrected chi connectivity index (χ1v) is 7.68. The van der Waals surface area contributed by atoms with Gasteiger partial charge in [0.1, 0.15) is 0 Å². The Kier molecular flexibility index (Phi) is 4.86. The molecule has 0 bridgehead atoms. The highest BCUT2D eigenvalue weighted by Crippen LogP contribution is 2.32. The minimum Gasteiger partial charge on any atom is -0.425 e. The van der Waals surface area contributed by atoms with E-state index in [1.807, 2.05) is 26.8 Å². The van der Waals surface area contributed by atoms with Crippen molar-refractivity contribution in [3.63, 3.8) is 0 Å². The lowest BCUT2D eigenvalue weighted by molar-refractivity contribution is 0.155. The second kappa shape index (κ2) is 6.44. The molecule has 0 aromatic carbocycles. The summed E-state index contributed by atoms with van der Waals surface area (Å²) in [5, 5.41) is 13.4. The first-order valence-electron chi connectivity index (χ1n) is 7.68. The molecule has 112 valence electrons. The van der Waals surface area contributed by atoms with Crippen LogP contribution in [-0.2, 0) is 6.54 Å². The molecule has 1 aliphatic carbocycles. The van der Waals surface area contributed by atoms with Crippen molar-refractivity contribution in [3.8, 4) is 0 Å². The van der Waals surface area contributed by atoms with Crippen LogP contribution >= 0.6 is 0 Å². The third-order valence-corrected chi connectivity index (χ3v) is 4.25. The van der Waals surface area contributed by atoms with Crippen LogP contribution in [0.15, 0.2) is 10.9 Å². The van der Waals surface area contributed by atoms with Crippen LogP contribution in [0.4, 0.5) is 0 Å². The van der Waals surface area contributed by atoms with Crippen LogP contribution < -0.4 is 10.9 Å². The van der Waals surface area contributed by atoms with Crippen molar-refractivity contribution in [2.24, 2.45) is 0 Å². The lowest BCUT2D eigenvalue weighted by Crippen LogP contribution is -2.32. The van der Waals surface area contributed by atoms with Crippen molar-refractivity contribution in [1.82, 2.24) is 10.0 Å². The Hall–Kier alpha value is -1.29. The van der Waals surface area contributed by atoms with Gasteiger partial charge in [0.05, 0.1) is 5.69 Å². The van der Waals surface area contributed by atoms with Crippen molar-refractivity contribution in [3.05, 3.63) is 33.2 Å². The van der Waals surface area contributed by atoms with Crippen molar-refractivity contribution >= 4 is 0 Å². The van der Waals surface area contributed by atoms with Gasteiger partial charge in [-0.15, -0.1) is 0 Å². The fourth-order valence-corrected chi connectivity index (χ4v) is 2.99. The summed E-state index contributed by atoms with van der Waals surface area (Å²) in [5.74, 6) is 0.326. The van der Waals surface area contributed by atoms with Crippen molar-refractivity contribution in [2.75, 3.05) is 0 Å². The Bertz CT molecular complexity index is 514. The number of aromatic nitrogens is 1. The molecule has 1 aromatic rings. The Morgan fingerprint density at radius 2 is 2.00 bits per heavy atom. The third kappa shape index (κ3) is 3.23. The number of hydrogen-bond donors (Lipinski definition) is 2. The molecule has 4 heteroatoms. The van der Waals surface area contributed by atoms with Crippen molar-refractivity contribution in [2.45, 2.75) is 71.4 Å². The van der Waals surface area contributed by atoms with E-state index in [4.69, 9.17) is 0 Å². The summed E-state index contributed by atoms with van der Waals surface area (Å²) in [5.41, 5.74) is 2.18. The lowest BCUT2D eigenvalue weighted by Gasteiger charge is -2.24. The summed E-state index contributed by atoms with van der Waals surface area (Å²) < 4.78 is 0.889. The molecule has 2 N–H and O–H groups in total. The van der Waals surface area contributed by atoms with E-state index in [9.17, 15) is 10.0 Å². The van der Waals surface area contributed by atoms with Gasteiger partial charge in [-0.25, -0.2) is 0 Å². The summed E-state index contributed by atoms with van der Waals surface area (Å²) in [7, 11) is 0. The first kappa shape index (κ1) is 15.1. The topological polar surface area (TPSA) is 54.3 Å². The van der Waals surface area contributed by atoms with Crippen molar-refractivity contribution < 1.29 is 5.21 Å². The predicted octanol–water partition coefficient (Wildman–Crippen LogP) is 2.94. The lowest BCUT2D eigenvalue weighted by atomic mass is 9.86. The van der Waals surface area contributed by atoms with Gasteiger partial charge in [-0.1, -0.05) is 33.1 Å². The zero-order valence-corrected chi connectivity index (χ0v) is 12.8. The highest BCUT2D eigenvalue weighted by molar-refractivity contribution is 5.28. The van der Waals surface area contributed by atoms with Crippen LogP contribution in [0.5, 0.6) is 0 Å². The number of rotatable bonds is 4. The minimum atomic E-state index is -0.265. The number of aryl methyl sites for hydroxylation is 1. The van der Waals surface area contributed by atoms with E-state index < -0.39 is 0 Å². The Labute approximate surface area is 120 Å². The molecule has 1 saturated carbocycles. The first-order chi connectivity index (χ1) is 9.50. The molecule has 1 heterocycles. The molecular formula is C16H26N2O2. The van der Waals surface area contributed by atoms with Crippen LogP contribution in [0, 0.1) is 6.92 Å². The maximum Gasteiger partial charge on any atom is 0.287 e. The summed E-state index contributed by atoms with van der Waals surface area (Å²) in [6, 6.07) is 2.31. The second-order valence-electron chi connectivity index (χ2n) is 6.22. The molecule has 20 heavy (non-hydrogen) atoms. The van der Waals surface area contributed by atoms with E-state index in [-0.39, 0.29) is 5.56 Å². The number of nitrogens with zero attached hydrogens (tertiary/aromatic N) is 1. The molecular weight excluding hydrogens is 252 g/mol. The molecule has 0 aliphatic heterocycles. The average Bonchev–Trinajstić information content (AvgIpc) is 2.43. The number of nitrogens with one attached hydrogen (secondary N) is 1. The SMILES string of the molecule is Cc1cc(C2CCCCC2)n(O)c(=O)c1CNC(C)C. The molecule has 1 aliphatic rings. The normalized spacial score (nSPS) is 16.8. The maximum absolute atomic E-state index is 12.3. The van der Waals surface area contributed by atoms with E-state index in [0.29, 0.717) is 24.1 Å². The zero-order valence-electron chi connectivity index (χ0n) is 12.8. The van der Waals surface area contributed by atoms with Crippen LogP contribution in [0.2, 0.25) is 0 Å². The van der Waals surface area contributed by atoms with Crippen molar-refractivity contribution in [1.29, 1.82) is 0 Å². The Morgan fingerprint density at radius 1 is 1.35 bits per heavy atom. The molecule has 0 saturated heterocycles. The fourth-order valence-electron chi connectivity index (χ4n) is 2.99. The minimum absolute atomic E-state index is 0.265. The summed E-state index contributed by atoms with van der Waals surface area (Å²) in [6.45, 7) is 6.56. The molecule has 4 nitrogen and oxygen atoms in total. The van der Waals surface area contributed by atoms with Gasteiger partial charge in [0, 0.05) is 24.1 Å². The van der Waals surface area contributed by atoms with Gasteiger partial charge in [-0.2, -0.15) is 4.73 Å². The third-order valence-electron chi connectivity index (χ3n) is 4.25. The highest BCUT2D eigenvalue weighted by atomic mass is 16.5. The van der Waals surface area contributed by atoms with E-state index in [1.54, 1.807) is 0 Å². The second-order valence-corrected chi connectivity index (χ2v) is 6.22. The maximum atomic E-state index is 12.3. The monoisotopic (exact) mass is 278 g/mol. The molecule has 0 amide bonds. The largest absolute Gasteiger partial charge is 0.425 e. The average molecular weight is 278 g/mol. The number of hydrogen-bond acceptors (Lipinski definition) is 3. The Morgan fingerprint density at radius 3 is 2.60 bits per heavy atom. The van der Waals surface area contributed by atoms with Gasteiger partial charge in [-0.05, 0) is 31.4 Å². The fraction of sp³-hybridized carbons (Fsp3) is 0.688. The highest BCUT2D eigenvalue weighted by Gasteiger charge is 2.21. The van der Waals surface area contributed by atoms with E-state index in [0.717, 1.165) is 28.8 Å². The van der Waals surface area contributed by atoms with Crippen LogP contribution in [-0.4, -0.2) is 16.0 Å². The van der Waals surface area contributed by atoms with Gasteiger partial charge in [0.2, 0.25) is 0 Å². The molecule has 0 radical (unpaired) electrons. The van der Waals surface area contributed by atoms with Gasteiger partial charge < -0.3 is 10.5 Å². The molecule has 0 unspecified atom stereocenters. The molecule has 1 aromatic heterocycles. The molecule has 0 spiro atoms. The zero-order chi connectivity index (χ0) is 14.7. The standard InChI is InChI=1S/C16H26N2O2/c1-11(2)17-10-14-12(3)9-15(18(20)16(14)19)13-7-5-4-6-8-13/h9,11,13,17,20H,4-8,10H2,1-3H3. The molecule has 0 atom stereocenters. The van der Waals surface area contributed by atoms with Crippen LogP contribution in [0.25, 0.3) is 0 Å². The molecule has 2 rings (SSSR count). The predicted molar refractivity (Wildman–Crippen MR) is 80.4 cm³/mol.